The first-order valence-corrected chi connectivity index (χ1v) is 9.63. The quantitative estimate of drug-likeness (QED) is 0.578. The molecule has 0 radical (unpaired) electrons. The van der Waals surface area contributed by atoms with Crippen molar-refractivity contribution in [3.05, 3.63) is 45.9 Å². The third-order valence-electron chi connectivity index (χ3n) is 3.70. The number of hydrogen-bond acceptors (Lipinski definition) is 4. The molecule has 0 aliphatic heterocycles. The number of nitrogens with one attached hydrogen (secondary N) is 2. The number of aryl methyl sites for hydroxylation is 1. The van der Waals surface area contributed by atoms with Crippen LogP contribution in [0.5, 0.6) is 0 Å². The van der Waals surface area contributed by atoms with Crippen molar-refractivity contribution in [1.82, 2.24) is 15.2 Å². The third-order valence-corrected chi connectivity index (χ3v) is 4.52. The molecule has 26 heavy (non-hydrogen) atoms. The van der Waals surface area contributed by atoms with Crippen molar-refractivity contribution < 1.29 is 4.79 Å². The van der Waals surface area contributed by atoms with Gasteiger partial charge >= 0.3 is 0 Å². The van der Waals surface area contributed by atoms with Crippen molar-refractivity contribution in [2.24, 2.45) is 4.99 Å². The summed E-state index contributed by atoms with van der Waals surface area (Å²) in [5, 5.41) is 9.28. The highest BCUT2D eigenvalue weighted by Crippen LogP contribution is 2.11. The molecule has 0 bridgehead atoms. The monoisotopic (exact) mass is 373 g/mol. The van der Waals surface area contributed by atoms with Gasteiger partial charge in [-0.1, -0.05) is 12.1 Å². The van der Waals surface area contributed by atoms with Gasteiger partial charge in [-0.05, 0) is 38.0 Å². The molecule has 1 aromatic heterocycles. The van der Waals surface area contributed by atoms with Crippen molar-refractivity contribution in [2.75, 3.05) is 25.5 Å². The van der Waals surface area contributed by atoms with Gasteiger partial charge in [-0.15, -0.1) is 11.3 Å². The lowest BCUT2D eigenvalue weighted by Gasteiger charge is -2.21. The van der Waals surface area contributed by atoms with E-state index in [9.17, 15) is 4.79 Å². The zero-order valence-corrected chi connectivity index (χ0v) is 16.7. The Morgan fingerprint density at radius 2 is 2.04 bits per heavy atom. The average Bonchev–Trinajstić information content (AvgIpc) is 3.00. The molecule has 6 nitrogen and oxygen atoms in total. The molecule has 0 saturated heterocycles. The summed E-state index contributed by atoms with van der Waals surface area (Å²) in [5.74, 6) is 0.823. The maximum atomic E-state index is 11.1. The summed E-state index contributed by atoms with van der Waals surface area (Å²) in [6.45, 7) is 7.85. The van der Waals surface area contributed by atoms with E-state index >= 15 is 0 Å². The Morgan fingerprint density at radius 1 is 1.31 bits per heavy atom. The van der Waals surface area contributed by atoms with Crippen molar-refractivity contribution >= 4 is 28.9 Å². The number of guanidine groups is 1. The Balaban J connectivity index is 1.92. The standard InChI is InChI=1S/C19H27N5OS/c1-5-20-19(24(4)12-18-13-26-15(3)23-18)21-11-10-16-6-8-17(9-7-16)22-14(2)25/h6-9,13H,5,10-12H2,1-4H3,(H,20,21)(H,22,25). The Bertz CT molecular complexity index is 739. The van der Waals surface area contributed by atoms with Crippen molar-refractivity contribution in [1.29, 1.82) is 0 Å². The largest absolute Gasteiger partial charge is 0.357 e. The molecule has 2 N–H and O–H groups in total. The molecule has 2 aromatic rings. The molecule has 0 saturated carbocycles. The van der Waals surface area contributed by atoms with Crippen molar-refractivity contribution in [3.8, 4) is 0 Å². The maximum Gasteiger partial charge on any atom is 0.221 e. The van der Waals surface area contributed by atoms with Crippen molar-refractivity contribution in [2.45, 2.75) is 33.7 Å². The summed E-state index contributed by atoms with van der Waals surface area (Å²) in [6, 6.07) is 7.88. The molecule has 1 amide bonds. The van der Waals surface area contributed by atoms with Gasteiger partial charge in [0.25, 0.3) is 0 Å². The first-order chi connectivity index (χ1) is 12.5. The molecule has 0 spiro atoms. The highest BCUT2D eigenvalue weighted by molar-refractivity contribution is 7.09. The topological polar surface area (TPSA) is 69.6 Å². The Kier molecular flexibility index (Phi) is 7.59. The molecule has 1 heterocycles. The predicted molar refractivity (Wildman–Crippen MR) is 109 cm³/mol. The van der Waals surface area contributed by atoms with Crippen LogP contribution in [0.1, 0.15) is 30.1 Å². The lowest BCUT2D eigenvalue weighted by atomic mass is 10.1. The lowest BCUT2D eigenvalue weighted by molar-refractivity contribution is -0.114. The minimum absolute atomic E-state index is 0.0593. The summed E-state index contributed by atoms with van der Waals surface area (Å²) in [7, 11) is 2.03. The van der Waals surface area contributed by atoms with Gasteiger partial charge in [-0.3, -0.25) is 9.79 Å². The van der Waals surface area contributed by atoms with E-state index < -0.39 is 0 Å². The summed E-state index contributed by atoms with van der Waals surface area (Å²) in [4.78, 5) is 22.4. The number of hydrogen-bond donors (Lipinski definition) is 2. The zero-order valence-electron chi connectivity index (χ0n) is 15.9. The smallest absolute Gasteiger partial charge is 0.221 e. The molecule has 2 rings (SSSR count). The SMILES string of the molecule is CCNC(=NCCc1ccc(NC(C)=O)cc1)N(C)Cc1csc(C)n1. The Hall–Kier alpha value is -2.41. The van der Waals surface area contributed by atoms with E-state index in [0.717, 1.165) is 41.9 Å². The number of aromatic nitrogens is 1. The van der Waals surface area contributed by atoms with Crippen molar-refractivity contribution in [3.63, 3.8) is 0 Å². The van der Waals surface area contributed by atoms with Gasteiger partial charge in [0, 0.05) is 38.1 Å². The average molecular weight is 374 g/mol. The third kappa shape index (κ3) is 6.48. The van der Waals surface area contributed by atoms with Crippen LogP contribution >= 0.6 is 11.3 Å². The summed E-state index contributed by atoms with van der Waals surface area (Å²) in [5.41, 5.74) is 3.07. The van der Waals surface area contributed by atoms with E-state index in [2.05, 4.69) is 32.8 Å². The van der Waals surface area contributed by atoms with Gasteiger partial charge in [-0.25, -0.2) is 4.98 Å². The fourth-order valence-corrected chi connectivity index (χ4v) is 3.12. The summed E-state index contributed by atoms with van der Waals surface area (Å²) >= 11 is 1.67. The number of carbonyl (C=O) groups excluding carboxylic acids is 1. The number of benzene rings is 1. The number of aliphatic imine (C=N–C) groups is 1. The molecule has 0 aliphatic carbocycles. The molecule has 7 heteroatoms. The molecule has 1 aromatic carbocycles. The van der Waals surface area contributed by atoms with Gasteiger partial charge in [0.05, 0.1) is 17.2 Å². The van der Waals surface area contributed by atoms with Gasteiger partial charge in [0.1, 0.15) is 0 Å². The van der Waals surface area contributed by atoms with Gasteiger partial charge in [0.15, 0.2) is 5.96 Å². The number of nitrogens with zero attached hydrogens (tertiary/aromatic N) is 3. The number of anilines is 1. The van der Waals surface area contributed by atoms with Crippen LogP contribution in [-0.2, 0) is 17.8 Å². The zero-order chi connectivity index (χ0) is 18.9. The van der Waals surface area contributed by atoms with Crippen LogP contribution in [0.15, 0.2) is 34.6 Å². The molecular weight excluding hydrogens is 346 g/mol. The molecule has 0 fully saturated rings. The molecular formula is C19H27N5OS. The van der Waals surface area contributed by atoms with Crippen LogP contribution in [0.25, 0.3) is 0 Å². The second kappa shape index (κ2) is 9.91. The first-order valence-electron chi connectivity index (χ1n) is 8.75. The van der Waals surface area contributed by atoms with Gasteiger partial charge in [-0.2, -0.15) is 0 Å². The number of amides is 1. The van der Waals surface area contributed by atoms with E-state index in [4.69, 9.17) is 4.99 Å². The molecule has 0 aliphatic rings. The summed E-state index contributed by atoms with van der Waals surface area (Å²) < 4.78 is 0. The van der Waals surface area contributed by atoms with Gasteiger partial charge < -0.3 is 15.5 Å². The number of carbonyl (C=O) groups is 1. The minimum atomic E-state index is -0.0593. The van der Waals surface area contributed by atoms with E-state index in [1.54, 1.807) is 11.3 Å². The highest BCUT2D eigenvalue weighted by atomic mass is 32.1. The van der Waals surface area contributed by atoms with Crippen LogP contribution in [0.3, 0.4) is 0 Å². The minimum Gasteiger partial charge on any atom is -0.357 e. The fourth-order valence-electron chi connectivity index (χ4n) is 2.52. The molecule has 140 valence electrons. The first kappa shape index (κ1) is 19.9. The number of rotatable bonds is 7. The Morgan fingerprint density at radius 3 is 2.62 bits per heavy atom. The Labute approximate surface area is 159 Å². The van der Waals surface area contributed by atoms with Crippen LogP contribution < -0.4 is 10.6 Å². The second-order valence-electron chi connectivity index (χ2n) is 6.08. The van der Waals surface area contributed by atoms with E-state index in [0.29, 0.717) is 6.54 Å². The highest BCUT2D eigenvalue weighted by Gasteiger charge is 2.08. The van der Waals surface area contributed by atoms with Crippen LogP contribution in [0, 0.1) is 6.92 Å². The fraction of sp³-hybridized carbons (Fsp3) is 0.421. The molecule has 0 atom stereocenters. The van der Waals surface area contributed by atoms with E-state index in [1.807, 2.05) is 38.2 Å². The van der Waals surface area contributed by atoms with Crippen LogP contribution in [0.4, 0.5) is 5.69 Å². The van der Waals surface area contributed by atoms with Crippen LogP contribution in [-0.4, -0.2) is 41.9 Å². The molecule has 0 unspecified atom stereocenters. The maximum absolute atomic E-state index is 11.1. The van der Waals surface area contributed by atoms with E-state index in [-0.39, 0.29) is 5.91 Å². The van der Waals surface area contributed by atoms with Crippen LogP contribution in [0.2, 0.25) is 0 Å². The van der Waals surface area contributed by atoms with E-state index in [1.165, 1.54) is 12.5 Å². The normalized spacial score (nSPS) is 11.3. The predicted octanol–water partition coefficient (Wildman–Crippen LogP) is 3.05. The number of thiazole rings is 1. The lowest BCUT2D eigenvalue weighted by Crippen LogP contribution is -2.38. The van der Waals surface area contributed by atoms with Gasteiger partial charge in [0.2, 0.25) is 5.91 Å². The second-order valence-corrected chi connectivity index (χ2v) is 7.14. The summed E-state index contributed by atoms with van der Waals surface area (Å²) in [6.07, 6.45) is 0.846.